The Hall–Kier alpha value is -2.56. The first-order chi connectivity index (χ1) is 13.6. The molecule has 2 unspecified atom stereocenters. The van der Waals surface area contributed by atoms with Crippen molar-refractivity contribution in [2.24, 2.45) is 0 Å². The minimum absolute atomic E-state index is 0.291. The van der Waals surface area contributed by atoms with Crippen LogP contribution in [0.5, 0.6) is 0 Å². The minimum atomic E-state index is -4.59. The van der Waals surface area contributed by atoms with Crippen LogP contribution >= 0.6 is 15.9 Å². The van der Waals surface area contributed by atoms with Gasteiger partial charge in [0.2, 0.25) is 11.9 Å². The highest BCUT2D eigenvalue weighted by molar-refractivity contribution is 9.10. The number of carbonyl (C=O) groups excluding carboxylic acids is 2. The van der Waals surface area contributed by atoms with Crippen LogP contribution in [0.25, 0.3) is 0 Å². The lowest BCUT2D eigenvalue weighted by molar-refractivity contribution is -0.138. The number of rotatable bonds is 5. The predicted molar refractivity (Wildman–Crippen MR) is 99.0 cm³/mol. The lowest BCUT2D eigenvalue weighted by atomic mass is 10.0. The third-order valence-corrected chi connectivity index (χ3v) is 4.81. The SMILES string of the molecule is CN(CC(=O)Nc1ncc(C(F)(F)F)cn1)C(=O)c1ccc(Br)cc1C1CC1F. The van der Waals surface area contributed by atoms with Crippen LogP contribution in [0.3, 0.4) is 0 Å². The van der Waals surface area contributed by atoms with Gasteiger partial charge in [0, 0.05) is 35.4 Å². The van der Waals surface area contributed by atoms with E-state index in [2.05, 4.69) is 31.2 Å². The number of nitrogens with one attached hydrogen (secondary N) is 1. The van der Waals surface area contributed by atoms with Crippen molar-refractivity contribution in [2.75, 3.05) is 18.9 Å². The zero-order valence-electron chi connectivity index (χ0n) is 15.0. The van der Waals surface area contributed by atoms with Crippen LogP contribution in [0, 0.1) is 0 Å². The Bertz CT molecular complexity index is 936. The van der Waals surface area contributed by atoms with Crippen molar-refractivity contribution in [2.45, 2.75) is 24.7 Å². The summed E-state index contributed by atoms with van der Waals surface area (Å²) >= 11 is 3.30. The summed E-state index contributed by atoms with van der Waals surface area (Å²) in [6, 6.07) is 4.89. The van der Waals surface area contributed by atoms with Crippen molar-refractivity contribution in [3.05, 3.63) is 51.8 Å². The zero-order chi connectivity index (χ0) is 21.3. The fourth-order valence-corrected chi connectivity index (χ4v) is 3.10. The first-order valence-electron chi connectivity index (χ1n) is 8.44. The van der Waals surface area contributed by atoms with E-state index in [9.17, 15) is 27.2 Å². The molecule has 2 amide bonds. The molecule has 3 rings (SSSR count). The topological polar surface area (TPSA) is 75.2 Å². The van der Waals surface area contributed by atoms with E-state index in [1.807, 2.05) is 0 Å². The van der Waals surface area contributed by atoms with Crippen LogP contribution in [0.2, 0.25) is 0 Å². The number of hydrogen-bond acceptors (Lipinski definition) is 4. The summed E-state index contributed by atoms with van der Waals surface area (Å²) in [5.74, 6) is -1.83. The third kappa shape index (κ3) is 5.08. The van der Waals surface area contributed by atoms with E-state index in [-0.39, 0.29) is 18.4 Å². The molecule has 154 valence electrons. The number of halogens is 5. The molecule has 6 nitrogen and oxygen atoms in total. The van der Waals surface area contributed by atoms with Crippen molar-refractivity contribution in [3.8, 4) is 0 Å². The molecule has 1 aromatic carbocycles. The van der Waals surface area contributed by atoms with Crippen molar-refractivity contribution in [3.63, 3.8) is 0 Å². The molecule has 0 spiro atoms. The van der Waals surface area contributed by atoms with Gasteiger partial charge in [0.25, 0.3) is 5.91 Å². The number of aromatic nitrogens is 2. The van der Waals surface area contributed by atoms with Gasteiger partial charge in [-0.1, -0.05) is 15.9 Å². The maximum Gasteiger partial charge on any atom is 0.419 e. The molecule has 1 aliphatic carbocycles. The van der Waals surface area contributed by atoms with Gasteiger partial charge in [0.1, 0.15) is 6.17 Å². The highest BCUT2D eigenvalue weighted by atomic mass is 79.9. The molecule has 1 aliphatic rings. The Balaban J connectivity index is 1.65. The van der Waals surface area contributed by atoms with Crippen LogP contribution in [-0.2, 0) is 11.0 Å². The molecule has 1 fully saturated rings. The van der Waals surface area contributed by atoms with Crippen LogP contribution < -0.4 is 5.32 Å². The first kappa shape index (κ1) is 21.2. The van der Waals surface area contributed by atoms with E-state index in [0.717, 1.165) is 4.90 Å². The van der Waals surface area contributed by atoms with E-state index in [1.54, 1.807) is 18.2 Å². The normalized spacial score (nSPS) is 18.3. The molecule has 1 N–H and O–H groups in total. The standard InChI is InChI=1S/C18H15BrF4N4O2/c1-27(8-15(28)26-17-24-6-9(7-25-17)18(21,22)23)16(29)11-3-2-10(19)4-12(11)13-5-14(13)20/h2-4,6-7,13-14H,5,8H2,1H3,(H,24,25,26,28). The Labute approximate surface area is 171 Å². The second kappa shape index (κ2) is 8.05. The van der Waals surface area contributed by atoms with Gasteiger partial charge in [-0.05, 0) is 30.2 Å². The van der Waals surface area contributed by atoms with Crippen LogP contribution in [0.4, 0.5) is 23.5 Å². The molecule has 0 aliphatic heterocycles. The summed E-state index contributed by atoms with van der Waals surface area (Å²) in [4.78, 5) is 32.8. The number of amides is 2. The van der Waals surface area contributed by atoms with E-state index in [0.29, 0.717) is 34.4 Å². The van der Waals surface area contributed by atoms with Crippen LogP contribution in [-0.4, -0.2) is 46.4 Å². The molecule has 0 radical (unpaired) electrons. The fraction of sp³-hybridized carbons (Fsp3) is 0.333. The number of hydrogen-bond donors (Lipinski definition) is 1. The number of benzene rings is 1. The van der Waals surface area contributed by atoms with E-state index < -0.39 is 29.7 Å². The number of anilines is 1. The lowest BCUT2D eigenvalue weighted by Crippen LogP contribution is -2.35. The maximum absolute atomic E-state index is 13.5. The molecule has 2 aromatic rings. The quantitative estimate of drug-likeness (QED) is 0.668. The van der Waals surface area contributed by atoms with Crippen molar-refractivity contribution in [1.82, 2.24) is 14.9 Å². The van der Waals surface area contributed by atoms with Gasteiger partial charge in [-0.2, -0.15) is 13.2 Å². The second-order valence-electron chi connectivity index (χ2n) is 6.59. The minimum Gasteiger partial charge on any atom is -0.332 e. The second-order valence-corrected chi connectivity index (χ2v) is 7.51. The monoisotopic (exact) mass is 474 g/mol. The molecule has 29 heavy (non-hydrogen) atoms. The number of likely N-dealkylation sites (N-methyl/N-ethyl adjacent to an activating group) is 1. The molecule has 0 bridgehead atoms. The maximum atomic E-state index is 13.5. The first-order valence-corrected chi connectivity index (χ1v) is 9.23. The highest BCUT2D eigenvalue weighted by Crippen LogP contribution is 2.45. The van der Waals surface area contributed by atoms with E-state index >= 15 is 0 Å². The van der Waals surface area contributed by atoms with Gasteiger partial charge < -0.3 is 4.90 Å². The van der Waals surface area contributed by atoms with Gasteiger partial charge in [0.15, 0.2) is 0 Å². The summed E-state index contributed by atoms with van der Waals surface area (Å²) in [5, 5.41) is 2.23. The fourth-order valence-electron chi connectivity index (χ4n) is 2.72. The summed E-state index contributed by atoms with van der Waals surface area (Å²) < 4.78 is 51.7. The van der Waals surface area contributed by atoms with Gasteiger partial charge in [0.05, 0.1) is 12.1 Å². The van der Waals surface area contributed by atoms with Crippen molar-refractivity contribution >= 4 is 33.7 Å². The number of alkyl halides is 4. The van der Waals surface area contributed by atoms with E-state index in [1.165, 1.54) is 7.05 Å². The summed E-state index contributed by atoms with van der Waals surface area (Å²) in [6.45, 7) is -0.386. The molecule has 1 aromatic heterocycles. The molecular weight excluding hydrogens is 460 g/mol. The van der Waals surface area contributed by atoms with Crippen molar-refractivity contribution in [1.29, 1.82) is 0 Å². The molecule has 1 heterocycles. The molecule has 2 atom stereocenters. The highest BCUT2D eigenvalue weighted by Gasteiger charge is 2.41. The Kier molecular flexibility index (Phi) is 5.87. The molecule has 0 saturated heterocycles. The smallest absolute Gasteiger partial charge is 0.332 e. The largest absolute Gasteiger partial charge is 0.419 e. The number of nitrogens with zero attached hydrogens (tertiary/aromatic N) is 3. The Morgan fingerprint density at radius 1 is 1.28 bits per heavy atom. The number of carbonyl (C=O) groups is 2. The zero-order valence-corrected chi connectivity index (χ0v) is 16.6. The summed E-state index contributed by atoms with van der Waals surface area (Å²) in [5.41, 5.74) is -0.188. The predicted octanol–water partition coefficient (Wildman–Crippen LogP) is 3.79. The third-order valence-electron chi connectivity index (χ3n) is 4.31. The van der Waals surface area contributed by atoms with E-state index in [4.69, 9.17) is 0 Å². The molecule has 11 heteroatoms. The summed E-state index contributed by atoms with van der Waals surface area (Å²) in [7, 11) is 1.39. The van der Waals surface area contributed by atoms with Gasteiger partial charge in [-0.25, -0.2) is 14.4 Å². The van der Waals surface area contributed by atoms with Gasteiger partial charge in [-0.3, -0.25) is 14.9 Å². The average Bonchev–Trinajstić information content (AvgIpc) is 3.37. The summed E-state index contributed by atoms with van der Waals surface area (Å²) in [6.07, 6.45) is -4.14. The molecular formula is C18H15BrF4N4O2. The van der Waals surface area contributed by atoms with Gasteiger partial charge in [-0.15, -0.1) is 0 Å². The van der Waals surface area contributed by atoms with Crippen LogP contribution in [0.15, 0.2) is 35.1 Å². The van der Waals surface area contributed by atoms with Gasteiger partial charge >= 0.3 is 6.18 Å². The molecule has 1 saturated carbocycles. The lowest BCUT2D eigenvalue weighted by Gasteiger charge is -2.18. The van der Waals surface area contributed by atoms with Crippen molar-refractivity contribution < 1.29 is 27.2 Å². The Morgan fingerprint density at radius 2 is 1.90 bits per heavy atom. The van der Waals surface area contributed by atoms with Crippen LogP contribution in [0.1, 0.15) is 33.8 Å². The average molecular weight is 475 g/mol. The Morgan fingerprint density at radius 3 is 2.45 bits per heavy atom.